The summed E-state index contributed by atoms with van der Waals surface area (Å²) in [5, 5.41) is 1.02. The van der Waals surface area contributed by atoms with Crippen LogP contribution in [0.5, 0.6) is 0 Å². The van der Waals surface area contributed by atoms with Gasteiger partial charge < -0.3 is 4.42 Å². The topological polar surface area (TPSA) is 13.1 Å². The summed E-state index contributed by atoms with van der Waals surface area (Å²) in [6.07, 6.45) is 5.60. The van der Waals surface area contributed by atoms with Crippen LogP contribution < -0.4 is 0 Å². The Balaban J connectivity index is 2.26. The van der Waals surface area contributed by atoms with Gasteiger partial charge in [0.05, 0.1) is 0 Å². The van der Waals surface area contributed by atoms with Gasteiger partial charge in [0, 0.05) is 28.8 Å². The predicted octanol–water partition coefficient (Wildman–Crippen LogP) is 4.14. The average molecular weight is 237 g/mol. The summed E-state index contributed by atoms with van der Waals surface area (Å²) in [5.74, 6) is 0.581. The fraction of sp³-hybridized carbons (Fsp3) is 0.231. The lowest BCUT2D eigenvalue weighted by atomic mass is 10.1. The summed E-state index contributed by atoms with van der Waals surface area (Å²) in [5.41, 5.74) is 1.64. The van der Waals surface area contributed by atoms with Crippen molar-refractivity contribution < 1.29 is 8.81 Å². The van der Waals surface area contributed by atoms with Crippen LogP contribution in [0.25, 0.3) is 17.0 Å². The maximum absolute atomic E-state index is 13.1. The van der Waals surface area contributed by atoms with Crippen LogP contribution in [0.1, 0.15) is 17.7 Å². The van der Waals surface area contributed by atoms with Crippen molar-refractivity contribution in [3.05, 3.63) is 41.4 Å². The zero-order chi connectivity index (χ0) is 11.1. The molecule has 82 valence electrons. The Morgan fingerprint density at radius 1 is 1.38 bits per heavy atom. The highest BCUT2D eigenvalue weighted by molar-refractivity contribution is 6.21. The van der Waals surface area contributed by atoms with Gasteiger partial charge in [-0.25, -0.2) is 4.39 Å². The van der Waals surface area contributed by atoms with E-state index in [9.17, 15) is 4.39 Å². The molecule has 1 aromatic heterocycles. The lowest BCUT2D eigenvalue weighted by molar-refractivity contribution is 0.538. The van der Waals surface area contributed by atoms with E-state index in [-0.39, 0.29) is 11.2 Å². The number of benzene rings is 1. The molecule has 3 rings (SSSR count). The largest absolute Gasteiger partial charge is 0.460 e. The van der Waals surface area contributed by atoms with Gasteiger partial charge in [0.1, 0.15) is 17.2 Å². The Morgan fingerprint density at radius 2 is 2.25 bits per heavy atom. The van der Waals surface area contributed by atoms with Gasteiger partial charge in [-0.05, 0) is 18.6 Å². The van der Waals surface area contributed by atoms with Gasteiger partial charge in [0.15, 0.2) is 0 Å². The Labute approximate surface area is 97.5 Å². The standard InChI is InChI=1S/C13H10ClFO/c14-8-2-1-3-10-11-5-4-9(15)7-13(11)16-12(10)6-8/h1,3-5,7-8H,2,6H2. The van der Waals surface area contributed by atoms with E-state index in [0.29, 0.717) is 12.0 Å². The van der Waals surface area contributed by atoms with Crippen LogP contribution >= 0.6 is 11.6 Å². The predicted molar refractivity (Wildman–Crippen MR) is 63.2 cm³/mol. The molecule has 0 spiro atoms. The maximum atomic E-state index is 13.1. The first-order chi connectivity index (χ1) is 7.74. The van der Waals surface area contributed by atoms with Crippen molar-refractivity contribution in [3.63, 3.8) is 0 Å². The van der Waals surface area contributed by atoms with E-state index in [1.807, 2.05) is 12.2 Å². The minimum atomic E-state index is -0.275. The van der Waals surface area contributed by atoms with Gasteiger partial charge in [0.2, 0.25) is 0 Å². The number of fused-ring (bicyclic) bond motifs is 3. The molecule has 1 aliphatic carbocycles. The minimum absolute atomic E-state index is 0.0582. The Morgan fingerprint density at radius 3 is 3.12 bits per heavy atom. The molecule has 0 amide bonds. The molecule has 0 radical (unpaired) electrons. The summed E-state index contributed by atoms with van der Waals surface area (Å²) in [7, 11) is 0. The van der Waals surface area contributed by atoms with Crippen molar-refractivity contribution >= 4 is 28.6 Å². The van der Waals surface area contributed by atoms with E-state index in [0.717, 1.165) is 23.1 Å². The van der Waals surface area contributed by atoms with Crippen LogP contribution in [-0.2, 0) is 6.42 Å². The third-order valence-electron chi connectivity index (χ3n) is 2.85. The molecule has 0 bridgehead atoms. The molecule has 1 heterocycles. The van der Waals surface area contributed by atoms with Gasteiger partial charge in [-0.1, -0.05) is 12.2 Å². The first-order valence-electron chi connectivity index (χ1n) is 5.25. The van der Waals surface area contributed by atoms with Crippen LogP contribution in [0.4, 0.5) is 4.39 Å². The SMILES string of the molecule is Fc1ccc2c3c(oc2c1)CC(Cl)CC=C3. The Kier molecular flexibility index (Phi) is 2.25. The molecule has 0 saturated carbocycles. The lowest BCUT2D eigenvalue weighted by Gasteiger charge is -2.00. The second-order valence-electron chi connectivity index (χ2n) is 4.02. The summed E-state index contributed by atoms with van der Waals surface area (Å²) in [4.78, 5) is 0. The van der Waals surface area contributed by atoms with Gasteiger partial charge in [0.25, 0.3) is 0 Å². The van der Waals surface area contributed by atoms with Crippen molar-refractivity contribution in [2.24, 2.45) is 0 Å². The van der Waals surface area contributed by atoms with Crippen molar-refractivity contribution in [1.29, 1.82) is 0 Å². The molecule has 0 fully saturated rings. The van der Waals surface area contributed by atoms with Crippen molar-refractivity contribution in [2.45, 2.75) is 18.2 Å². The summed E-state index contributed by atoms with van der Waals surface area (Å²) in [6.45, 7) is 0. The van der Waals surface area contributed by atoms with E-state index < -0.39 is 0 Å². The zero-order valence-corrected chi connectivity index (χ0v) is 9.30. The highest BCUT2D eigenvalue weighted by Crippen LogP contribution is 2.31. The molecule has 0 aliphatic heterocycles. The van der Waals surface area contributed by atoms with Crippen molar-refractivity contribution in [3.8, 4) is 0 Å². The van der Waals surface area contributed by atoms with Crippen molar-refractivity contribution in [2.75, 3.05) is 0 Å². The lowest BCUT2D eigenvalue weighted by Crippen LogP contribution is -1.99. The molecule has 1 aromatic carbocycles. The third-order valence-corrected chi connectivity index (χ3v) is 3.18. The monoisotopic (exact) mass is 236 g/mol. The van der Waals surface area contributed by atoms with Gasteiger partial charge >= 0.3 is 0 Å². The fourth-order valence-electron chi connectivity index (χ4n) is 2.09. The van der Waals surface area contributed by atoms with Crippen LogP contribution in [0.15, 0.2) is 28.7 Å². The second-order valence-corrected chi connectivity index (χ2v) is 4.64. The molecular weight excluding hydrogens is 227 g/mol. The number of furan rings is 1. The summed E-state index contributed by atoms with van der Waals surface area (Å²) < 4.78 is 18.7. The maximum Gasteiger partial charge on any atom is 0.137 e. The molecule has 3 heteroatoms. The van der Waals surface area contributed by atoms with Gasteiger partial charge in [-0.2, -0.15) is 0 Å². The average Bonchev–Trinajstić information content (AvgIpc) is 2.44. The molecule has 2 aromatic rings. The molecule has 1 aliphatic rings. The second kappa shape index (κ2) is 3.63. The highest BCUT2D eigenvalue weighted by Gasteiger charge is 2.18. The van der Waals surface area contributed by atoms with Crippen LogP contribution in [0.3, 0.4) is 0 Å². The number of hydrogen-bond acceptors (Lipinski definition) is 1. The van der Waals surface area contributed by atoms with Crippen LogP contribution in [0.2, 0.25) is 0 Å². The third kappa shape index (κ3) is 1.54. The minimum Gasteiger partial charge on any atom is -0.460 e. The molecule has 0 saturated heterocycles. The van der Waals surface area contributed by atoms with Gasteiger partial charge in [-0.15, -0.1) is 11.6 Å². The van der Waals surface area contributed by atoms with Crippen LogP contribution in [-0.4, -0.2) is 5.38 Å². The number of allylic oxidation sites excluding steroid dienone is 1. The Bertz CT molecular complexity index is 571. The van der Waals surface area contributed by atoms with Crippen molar-refractivity contribution in [1.82, 2.24) is 0 Å². The van der Waals surface area contributed by atoms with E-state index in [2.05, 4.69) is 0 Å². The summed E-state index contributed by atoms with van der Waals surface area (Å²) in [6, 6.07) is 4.63. The number of hydrogen-bond donors (Lipinski definition) is 0. The first-order valence-corrected chi connectivity index (χ1v) is 5.69. The van der Waals surface area contributed by atoms with Crippen LogP contribution in [0, 0.1) is 5.82 Å². The first kappa shape index (κ1) is 9.91. The molecular formula is C13H10ClFO. The van der Waals surface area contributed by atoms with E-state index in [1.54, 1.807) is 6.07 Å². The fourth-order valence-corrected chi connectivity index (χ4v) is 2.34. The molecule has 1 unspecified atom stereocenters. The van der Waals surface area contributed by atoms with Gasteiger partial charge in [-0.3, -0.25) is 0 Å². The molecule has 1 atom stereocenters. The Hall–Kier alpha value is -1.28. The molecule has 16 heavy (non-hydrogen) atoms. The zero-order valence-electron chi connectivity index (χ0n) is 8.54. The number of rotatable bonds is 0. The number of alkyl halides is 1. The van der Waals surface area contributed by atoms with E-state index >= 15 is 0 Å². The smallest absolute Gasteiger partial charge is 0.137 e. The quantitative estimate of drug-likeness (QED) is 0.627. The van der Waals surface area contributed by atoms with E-state index in [4.69, 9.17) is 16.0 Å². The summed E-state index contributed by atoms with van der Waals surface area (Å²) >= 11 is 6.12. The molecule has 0 N–H and O–H groups in total. The number of halogens is 2. The normalized spacial score (nSPS) is 19.8. The van der Waals surface area contributed by atoms with E-state index in [1.165, 1.54) is 12.1 Å². The molecule has 1 nitrogen and oxygen atoms in total. The highest BCUT2D eigenvalue weighted by atomic mass is 35.5.